The number of rotatable bonds is 5. The van der Waals surface area contributed by atoms with Gasteiger partial charge in [-0.1, -0.05) is 30.3 Å². The van der Waals surface area contributed by atoms with Crippen LogP contribution in [0.15, 0.2) is 30.3 Å². The predicted octanol–water partition coefficient (Wildman–Crippen LogP) is 0.903. The molecule has 0 bridgehead atoms. The maximum atomic E-state index is 11.9. The Morgan fingerprint density at radius 2 is 2.08 bits per heavy atom. The summed E-state index contributed by atoms with van der Waals surface area (Å²) in [6.07, 6.45) is -1.17. The van der Waals surface area contributed by atoms with E-state index in [1.807, 2.05) is 6.07 Å². The Morgan fingerprint density at radius 3 is 2.71 bits per heavy atom. The molecule has 2 amide bonds. The largest absolute Gasteiger partial charge is 0.465 e. The molecule has 0 aromatic heterocycles. The maximum absolute atomic E-state index is 11.9. The minimum atomic E-state index is -1.29. The summed E-state index contributed by atoms with van der Waals surface area (Å²) < 4.78 is 5.06. The smallest absolute Gasteiger partial charge is 0.408 e. The molecule has 126 valence electrons. The number of carbonyl (C=O) groups is 3. The Balaban J connectivity index is 1.98. The van der Waals surface area contributed by atoms with Gasteiger partial charge >= 0.3 is 18.4 Å². The van der Waals surface area contributed by atoms with Crippen LogP contribution >= 0.6 is 0 Å². The van der Waals surface area contributed by atoms with Crippen LogP contribution in [0.5, 0.6) is 0 Å². The average Bonchev–Trinajstić information content (AvgIpc) is 2.98. The first-order valence-corrected chi connectivity index (χ1v) is 7.21. The second-order valence-electron chi connectivity index (χ2n) is 5.17. The van der Waals surface area contributed by atoms with Crippen LogP contribution in [0.2, 0.25) is 0 Å². The number of carboxylic acid groups (broad SMARTS) is 1. The summed E-state index contributed by atoms with van der Waals surface area (Å²) in [5.74, 6) is -0.717. The highest BCUT2D eigenvalue weighted by molar-refractivity contribution is 6.28. The molecule has 1 heterocycles. The molecule has 0 saturated carbocycles. The van der Waals surface area contributed by atoms with Crippen molar-refractivity contribution in [2.75, 3.05) is 6.54 Å². The minimum absolute atomic E-state index is 0.0543. The van der Waals surface area contributed by atoms with Gasteiger partial charge in [-0.3, -0.25) is 9.69 Å². The van der Waals surface area contributed by atoms with Gasteiger partial charge in [0.1, 0.15) is 12.6 Å². The first-order valence-electron chi connectivity index (χ1n) is 7.21. The summed E-state index contributed by atoms with van der Waals surface area (Å²) in [6, 6.07) is 7.12. The third-order valence-corrected chi connectivity index (χ3v) is 3.64. The van der Waals surface area contributed by atoms with Crippen molar-refractivity contribution in [3.8, 4) is 0 Å². The van der Waals surface area contributed by atoms with Gasteiger partial charge in [-0.25, -0.2) is 9.59 Å². The number of nitrogens with zero attached hydrogens (tertiary/aromatic N) is 3. The lowest BCUT2D eigenvalue weighted by atomic mass is 10.1. The van der Waals surface area contributed by atoms with E-state index < -0.39 is 30.1 Å². The zero-order valence-corrected chi connectivity index (χ0v) is 12.7. The molecule has 24 heavy (non-hydrogen) atoms. The van der Waals surface area contributed by atoms with Gasteiger partial charge in [0.15, 0.2) is 0 Å². The summed E-state index contributed by atoms with van der Waals surface area (Å²) >= 11 is 0. The Labute approximate surface area is 137 Å². The van der Waals surface area contributed by atoms with Crippen molar-refractivity contribution in [1.82, 2.24) is 10.2 Å². The third kappa shape index (κ3) is 4.17. The second kappa shape index (κ2) is 7.89. The number of nitrogens with one attached hydrogen (secondary N) is 1. The van der Waals surface area contributed by atoms with Crippen LogP contribution in [0.4, 0.5) is 9.59 Å². The molecule has 2 atom stereocenters. The molecule has 1 saturated heterocycles. The summed E-state index contributed by atoms with van der Waals surface area (Å²) in [5.41, 5.74) is 9.27. The van der Waals surface area contributed by atoms with Crippen LogP contribution in [0.1, 0.15) is 12.0 Å². The predicted molar refractivity (Wildman–Crippen MR) is 81.4 cm³/mol. The quantitative estimate of drug-likeness (QED) is 0.469. The average molecular weight is 332 g/mol. The fraction of sp³-hybridized carbons (Fsp3) is 0.333. The molecule has 9 nitrogen and oxygen atoms in total. The first kappa shape index (κ1) is 17.2. The number of carbonyl (C=O) groups excluding carboxylic acids is 2. The van der Waals surface area contributed by atoms with Gasteiger partial charge in [-0.2, -0.15) is 4.79 Å². The van der Waals surface area contributed by atoms with E-state index in [1.165, 1.54) is 0 Å². The lowest BCUT2D eigenvalue weighted by Gasteiger charge is -2.22. The highest BCUT2D eigenvalue weighted by Crippen LogP contribution is 2.19. The van der Waals surface area contributed by atoms with Crippen molar-refractivity contribution in [3.63, 3.8) is 0 Å². The van der Waals surface area contributed by atoms with E-state index in [1.54, 1.807) is 24.3 Å². The lowest BCUT2D eigenvalue weighted by Crippen LogP contribution is -2.51. The SMILES string of the molecule is [N-]=[N+]=CC(=O)[C@@H]1[C@H](NC(=O)OCc2ccccc2)CCN1C(=O)O. The van der Waals surface area contributed by atoms with Gasteiger partial charge in [-0.05, 0) is 12.0 Å². The van der Waals surface area contributed by atoms with Gasteiger partial charge < -0.3 is 20.7 Å². The number of hydrogen-bond donors (Lipinski definition) is 2. The summed E-state index contributed by atoms with van der Waals surface area (Å²) in [5, 5.41) is 11.6. The van der Waals surface area contributed by atoms with Crippen molar-refractivity contribution < 1.29 is 29.0 Å². The normalized spacial score (nSPS) is 19.2. The molecule has 0 spiro atoms. The minimum Gasteiger partial charge on any atom is -0.465 e. The number of alkyl carbamates (subject to hydrolysis) is 1. The summed E-state index contributed by atoms with van der Waals surface area (Å²) in [4.78, 5) is 38.5. The summed E-state index contributed by atoms with van der Waals surface area (Å²) in [7, 11) is 0. The number of likely N-dealkylation sites (tertiary alicyclic amines) is 1. The Morgan fingerprint density at radius 1 is 1.38 bits per heavy atom. The van der Waals surface area contributed by atoms with E-state index in [4.69, 9.17) is 15.4 Å². The van der Waals surface area contributed by atoms with Crippen molar-refractivity contribution in [2.24, 2.45) is 0 Å². The highest BCUT2D eigenvalue weighted by atomic mass is 16.5. The highest BCUT2D eigenvalue weighted by Gasteiger charge is 2.43. The molecule has 1 aromatic rings. The van der Waals surface area contributed by atoms with Gasteiger partial charge in [0.2, 0.25) is 0 Å². The van der Waals surface area contributed by atoms with Crippen LogP contribution in [0.3, 0.4) is 0 Å². The van der Waals surface area contributed by atoms with E-state index in [-0.39, 0.29) is 19.6 Å². The van der Waals surface area contributed by atoms with Crippen molar-refractivity contribution in [1.29, 1.82) is 0 Å². The van der Waals surface area contributed by atoms with Gasteiger partial charge in [0.25, 0.3) is 5.78 Å². The number of benzene rings is 1. The van der Waals surface area contributed by atoms with Crippen LogP contribution in [0, 0.1) is 0 Å². The van der Waals surface area contributed by atoms with Gasteiger partial charge in [-0.15, -0.1) is 0 Å². The zero-order valence-electron chi connectivity index (χ0n) is 12.7. The van der Waals surface area contributed by atoms with Crippen LogP contribution < -0.4 is 5.32 Å². The van der Waals surface area contributed by atoms with E-state index in [0.29, 0.717) is 6.21 Å². The Hall–Kier alpha value is -3.19. The second-order valence-corrected chi connectivity index (χ2v) is 5.17. The number of ketones is 1. The molecular weight excluding hydrogens is 316 g/mol. The fourth-order valence-corrected chi connectivity index (χ4v) is 2.56. The van der Waals surface area contributed by atoms with Crippen molar-refractivity contribution in [2.45, 2.75) is 25.1 Å². The lowest BCUT2D eigenvalue weighted by molar-refractivity contribution is -0.120. The molecule has 9 heteroatoms. The van der Waals surface area contributed by atoms with Crippen LogP contribution in [-0.4, -0.2) is 57.6 Å². The Kier molecular flexibility index (Phi) is 5.64. The maximum Gasteiger partial charge on any atom is 0.408 e. The van der Waals surface area contributed by atoms with Crippen LogP contribution in [-0.2, 0) is 16.1 Å². The van der Waals surface area contributed by atoms with E-state index in [2.05, 4.69) is 10.1 Å². The topological polar surface area (TPSA) is 132 Å². The van der Waals surface area contributed by atoms with Gasteiger partial charge in [0, 0.05) is 6.54 Å². The summed E-state index contributed by atoms with van der Waals surface area (Å²) in [6.45, 7) is 0.132. The molecular formula is C15H16N4O5. The molecule has 2 rings (SSSR count). The molecule has 1 fully saturated rings. The first-order chi connectivity index (χ1) is 11.5. The van der Waals surface area contributed by atoms with Crippen molar-refractivity contribution >= 4 is 24.2 Å². The number of Topliss-reactive ketones (excluding diaryl/α,β-unsaturated/α-hetero) is 1. The van der Waals surface area contributed by atoms with E-state index >= 15 is 0 Å². The van der Waals surface area contributed by atoms with Crippen LogP contribution in [0.25, 0.3) is 5.53 Å². The standard InChI is InChI=1S/C15H16N4O5/c16-17-8-12(20)13-11(6-7-19(13)15(22)23)18-14(21)24-9-10-4-2-1-3-5-10/h1-5,8,11,13H,6-7,9H2,(H,18,21)(H,22,23)/t11-,13+/m1/s1. The van der Waals surface area contributed by atoms with E-state index in [0.717, 1.165) is 10.5 Å². The molecule has 0 aliphatic carbocycles. The molecule has 1 aliphatic rings. The third-order valence-electron chi connectivity index (χ3n) is 3.64. The number of amides is 2. The zero-order chi connectivity index (χ0) is 17.5. The molecule has 1 aromatic carbocycles. The molecule has 0 radical (unpaired) electrons. The molecule has 0 unspecified atom stereocenters. The number of hydrogen-bond acceptors (Lipinski definition) is 4. The monoisotopic (exact) mass is 332 g/mol. The number of ether oxygens (including phenoxy) is 1. The van der Waals surface area contributed by atoms with Crippen molar-refractivity contribution in [3.05, 3.63) is 41.4 Å². The van der Waals surface area contributed by atoms with E-state index in [9.17, 15) is 14.4 Å². The fourth-order valence-electron chi connectivity index (χ4n) is 2.56. The van der Waals surface area contributed by atoms with Gasteiger partial charge in [0.05, 0.1) is 6.04 Å². The molecule has 1 aliphatic heterocycles. The molecule has 2 N–H and O–H groups in total. The Bertz CT molecular complexity index is 672.